The molecular weight excluding hydrogens is 238 g/mol. The molecule has 1 aliphatic carbocycles. The highest BCUT2D eigenvalue weighted by Gasteiger charge is 2.18. The van der Waals surface area contributed by atoms with Gasteiger partial charge in [0.1, 0.15) is 0 Å². The number of aliphatic hydroxyl groups is 2. The molecule has 3 nitrogen and oxygen atoms in total. The van der Waals surface area contributed by atoms with E-state index in [-0.39, 0.29) is 12.7 Å². The molecule has 1 aromatic rings. The van der Waals surface area contributed by atoms with Crippen LogP contribution in [0.1, 0.15) is 43.2 Å². The Hall–Kier alpha value is -0.900. The van der Waals surface area contributed by atoms with Crippen molar-refractivity contribution in [3.05, 3.63) is 35.4 Å². The van der Waals surface area contributed by atoms with Gasteiger partial charge in [-0.15, -0.1) is 0 Å². The van der Waals surface area contributed by atoms with Crippen molar-refractivity contribution in [3.63, 3.8) is 0 Å². The Labute approximate surface area is 115 Å². The molecule has 0 amide bonds. The van der Waals surface area contributed by atoms with E-state index in [4.69, 9.17) is 5.11 Å². The van der Waals surface area contributed by atoms with Crippen molar-refractivity contribution < 1.29 is 10.2 Å². The largest absolute Gasteiger partial charge is 0.392 e. The van der Waals surface area contributed by atoms with E-state index in [1.54, 1.807) is 0 Å². The first-order valence-corrected chi connectivity index (χ1v) is 7.35. The van der Waals surface area contributed by atoms with Gasteiger partial charge in [0, 0.05) is 13.1 Å². The molecule has 3 N–H and O–H groups in total. The van der Waals surface area contributed by atoms with Crippen LogP contribution < -0.4 is 5.32 Å². The number of hydrogen-bond donors (Lipinski definition) is 3. The number of benzene rings is 1. The highest BCUT2D eigenvalue weighted by atomic mass is 16.3. The van der Waals surface area contributed by atoms with Crippen molar-refractivity contribution in [1.29, 1.82) is 0 Å². The second-order valence-corrected chi connectivity index (χ2v) is 5.65. The fraction of sp³-hybridized carbons (Fsp3) is 0.625. The number of aliphatic hydroxyl groups excluding tert-OH is 2. The van der Waals surface area contributed by atoms with Crippen molar-refractivity contribution >= 4 is 0 Å². The standard InChI is InChI=1S/C16H25NO2/c18-12-15-7-3-6-14(8-15)10-17-11-16(19)9-13-4-1-2-5-13/h3,6-8,13,16-19H,1-2,4-5,9-12H2. The van der Waals surface area contributed by atoms with Crippen LogP contribution in [0.2, 0.25) is 0 Å². The van der Waals surface area contributed by atoms with Crippen LogP contribution in [0.15, 0.2) is 24.3 Å². The van der Waals surface area contributed by atoms with Crippen LogP contribution in [-0.4, -0.2) is 22.9 Å². The van der Waals surface area contributed by atoms with Crippen molar-refractivity contribution in [2.75, 3.05) is 6.54 Å². The third-order valence-corrected chi connectivity index (χ3v) is 3.96. The van der Waals surface area contributed by atoms with Crippen molar-refractivity contribution in [1.82, 2.24) is 5.32 Å². The molecule has 106 valence electrons. The summed E-state index contributed by atoms with van der Waals surface area (Å²) >= 11 is 0. The van der Waals surface area contributed by atoms with Gasteiger partial charge in [-0.25, -0.2) is 0 Å². The molecule has 1 aromatic carbocycles. The van der Waals surface area contributed by atoms with E-state index in [1.165, 1.54) is 25.7 Å². The Kier molecular flexibility index (Phi) is 5.83. The first-order chi connectivity index (χ1) is 9.28. The molecule has 0 aliphatic heterocycles. The summed E-state index contributed by atoms with van der Waals surface area (Å²) in [6, 6.07) is 7.90. The Morgan fingerprint density at radius 1 is 1.21 bits per heavy atom. The van der Waals surface area contributed by atoms with Crippen LogP contribution >= 0.6 is 0 Å². The summed E-state index contributed by atoms with van der Waals surface area (Å²) in [5, 5.41) is 22.4. The zero-order chi connectivity index (χ0) is 13.5. The molecule has 19 heavy (non-hydrogen) atoms. The topological polar surface area (TPSA) is 52.5 Å². The summed E-state index contributed by atoms with van der Waals surface area (Å²) in [4.78, 5) is 0. The number of rotatable bonds is 7. The van der Waals surface area contributed by atoms with Crippen LogP contribution in [0.4, 0.5) is 0 Å². The van der Waals surface area contributed by atoms with Gasteiger partial charge in [-0.1, -0.05) is 49.9 Å². The number of hydrogen-bond acceptors (Lipinski definition) is 3. The fourth-order valence-corrected chi connectivity index (χ4v) is 2.94. The maximum absolute atomic E-state index is 9.99. The lowest BCUT2D eigenvalue weighted by atomic mass is 10.00. The molecule has 0 bridgehead atoms. The van der Waals surface area contributed by atoms with E-state index in [2.05, 4.69) is 5.32 Å². The quantitative estimate of drug-likeness (QED) is 0.707. The zero-order valence-corrected chi connectivity index (χ0v) is 11.5. The lowest BCUT2D eigenvalue weighted by Gasteiger charge is -2.16. The van der Waals surface area contributed by atoms with Crippen LogP contribution in [0.25, 0.3) is 0 Å². The van der Waals surface area contributed by atoms with E-state index in [0.717, 1.165) is 30.0 Å². The molecule has 0 heterocycles. The fourth-order valence-electron chi connectivity index (χ4n) is 2.94. The Morgan fingerprint density at radius 2 is 1.95 bits per heavy atom. The van der Waals surface area contributed by atoms with Gasteiger partial charge >= 0.3 is 0 Å². The monoisotopic (exact) mass is 263 g/mol. The average Bonchev–Trinajstić information content (AvgIpc) is 2.92. The van der Waals surface area contributed by atoms with Gasteiger partial charge in [0.15, 0.2) is 0 Å². The maximum atomic E-state index is 9.99. The summed E-state index contributed by atoms with van der Waals surface area (Å²) in [6.07, 6.45) is 5.94. The summed E-state index contributed by atoms with van der Waals surface area (Å²) in [5.74, 6) is 0.731. The molecule has 1 aliphatic rings. The summed E-state index contributed by atoms with van der Waals surface area (Å²) in [5.41, 5.74) is 2.09. The first kappa shape index (κ1) is 14.5. The minimum atomic E-state index is -0.232. The van der Waals surface area contributed by atoms with Crippen molar-refractivity contribution in [2.24, 2.45) is 5.92 Å². The van der Waals surface area contributed by atoms with Crippen LogP contribution in [0.3, 0.4) is 0 Å². The van der Waals surface area contributed by atoms with Crippen LogP contribution in [0.5, 0.6) is 0 Å². The third kappa shape index (κ3) is 4.94. The predicted molar refractivity (Wildman–Crippen MR) is 76.7 cm³/mol. The van der Waals surface area contributed by atoms with Crippen molar-refractivity contribution in [3.8, 4) is 0 Å². The second kappa shape index (κ2) is 7.63. The molecule has 1 unspecified atom stereocenters. The minimum absolute atomic E-state index is 0.0815. The highest BCUT2D eigenvalue weighted by molar-refractivity contribution is 5.22. The van der Waals surface area contributed by atoms with E-state index >= 15 is 0 Å². The molecule has 0 spiro atoms. The third-order valence-electron chi connectivity index (χ3n) is 3.96. The highest BCUT2D eigenvalue weighted by Crippen LogP contribution is 2.28. The van der Waals surface area contributed by atoms with Crippen molar-refractivity contribution in [2.45, 2.75) is 51.4 Å². The second-order valence-electron chi connectivity index (χ2n) is 5.65. The molecule has 3 heteroatoms. The van der Waals surface area contributed by atoms with E-state index < -0.39 is 0 Å². The molecule has 0 radical (unpaired) electrons. The maximum Gasteiger partial charge on any atom is 0.0681 e. The van der Waals surface area contributed by atoms with E-state index in [1.807, 2.05) is 24.3 Å². The van der Waals surface area contributed by atoms with E-state index in [0.29, 0.717) is 6.54 Å². The summed E-state index contributed by atoms with van der Waals surface area (Å²) < 4.78 is 0. The van der Waals surface area contributed by atoms with Gasteiger partial charge < -0.3 is 15.5 Å². The SMILES string of the molecule is OCc1cccc(CNCC(O)CC2CCCC2)c1. The lowest BCUT2D eigenvalue weighted by molar-refractivity contribution is 0.140. The van der Waals surface area contributed by atoms with Crippen LogP contribution in [-0.2, 0) is 13.2 Å². The van der Waals surface area contributed by atoms with E-state index in [9.17, 15) is 5.11 Å². The van der Waals surface area contributed by atoms with Gasteiger partial charge in [-0.2, -0.15) is 0 Å². The predicted octanol–water partition coefficient (Wildman–Crippen LogP) is 2.21. The van der Waals surface area contributed by atoms with Gasteiger partial charge in [0.2, 0.25) is 0 Å². The van der Waals surface area contributed by atoms with Gasteiger partial charge in [-0.05, 0) is 23.5 Å². The van der Waals surface area contributed by atoms with Crippen LogP contribution in [0, 0.1) is 5.92 Å². The smallest absolute Gasteiger partial charge is 0.0681 e. The summed E-state index contributed by atoms with van der Waals surface area (Å²) in [7, 11) is 0. The first-order valence-electron chi connectivity index (χ1n) is 7.35. The zero-order valence-electron chi connectivity index (χ0n) is 11.5. The number of nitrogens with one attached hydrogen (secondary N) is 1. The minimum Gasteiger partial charge on any atom is -0.392 e. The Balaban J connectivity index is 1.67. The normalized spacial score (nSPS) is 17.8. The molecule has 0 aromatic heterocycles. The lowest BCUT2D eigenvalue weighted by Crippen LogP contribution is -2.27. The summed E-state index contributed by atoms with van der Waals surface area (Å²) in [6.45, 7) is 1.48. The molecule has 0 saturated heterocycles. The Morgan fingerprint density at radius 3 is 2.68 bits per heavy atom. The van der Waals surface area contributed by atoms with Gasteiger partial charge in [-0.3, -0.25) is 0 Å². The Bertz CT molecular complexity index is 375. The molecule has 1 atom stereocenters. The molecule has 1 fully saturated rings. The molecule has 1 saturated carbocycles. The van der Waals surface area contributed by atoms with Gasteiger partial charge in [0.05, 0.1) is 12.7 Å². The average molecular weight is 263 g/mol. The van der Waals surface area contributed by atoms with Gasteiger partial charge in [0.25, 0.3) is 0 Å². The molecule has 2 rings (SSSR count). The molecular formula is C16H25NO2.